The number of benzene rings is 2. The largest absolute Gasteiger partial charge is 0.493 e. The minimum Gasteiger partial charge on any atom is -0.493 e. The number of rotatable bonds is 9. The van der Waals surface area contributed by atoms with Gasteiger partial charge in [-0.15, -0.1) is 0 Å². The molecule has 2 aromatic rings. The van der Waals surface area contributed by atoms with Crippen LogP contribution >= 0.6 is 0 Å². The zero-order valence-electron chi connectivity index (χ0n) is 17.8. The van der Waals surface area contributed by atoms with Crippen LogP contribution in [0.1, 0.15) is 39.9 Å². The molecule has 8 heteroatoms. The number of hydrogen-bond donors (Lipinski definition) is 1. The third kappa shape index (κ3) is 5.93. The van der Waals surface area contributed by atoms with Crippen molar-refractivity contribution in [3.05, 3.63) is 58.7 Å². The Kier molecular flexibility index (Phi) is 7.09. The van der Waals surface area contributed by atoms with Crippen molar-refractivity contribution >= 4 is 11.8 Å². The SMILES string of the molecule is COc1cc(CN(C(=O)CNC(=O)c2ccc(C)c(C)c2)C2CC2)ccc1OC(F)F. The maximum Gasteiger partial charge on any atom is 0.387 e. The molecule has 0 aromatic heterocycles. The lowest BCUT2D eigenvalue weighted by Crippen LogP contribution is -2.41. The van der Waals surface area contributed by atoms with E-state index in [1.54, 1.807) is 29.2 Å². The highest BCUT2D eigenvalue weighted by Gasteiger charge is 2.32. The van der Waals surface area contributed by atoms with Gasteiger partial charge in [0.05, 0.1) is 13.7 Å². The predicted molar refractivity (Wildman–Crippen MR) is 111 cm³/mol. The molecule has 0 radical (unpaired) electrons. The summed E-state index contributed by atoms with van der Waals surface area (Å²) in [6.07, 6.45) is 1.78. The van der Waals surface area contributed by atoms with E-state index in [-0.39, 0.29) is 42.4 Å². The number of amides is 2. The van der Waals surface area contributed by atoms with E-state index in [1.807, 2.05) is 19.9 Å². The van der Waals surface area contributed by atoms with Crippen LogP contribution in [0.4, 0.5) is 8.78 Å². The molecule has 31 heavy (non-hydrogen) atoms. The number of hydrogen-bond acceptors (Lipinski definition) is 4. The van der Waals surface area contributed by atoms with Gasteiger partial charge in [0.2, 0.25) is 5.91 Å². The molecule has 1 fully saturated rings. The van der Waals surface area contributed by atoms with Crippen molar-refractivity contribution < 1.29 is 27.8 Å². The molecular formula is C23H26F2N2O4. The van der Waals surface area contributed by atoms with Gasteiger partial charge in [-0.1, -0.05) is 12.1 Å². The van der Waals surface area contributed by atoms with Gasteiger partial charge in [-0.25, -0.2) is 0 Å². The van der Waals surface area contributed by atoms with Gasteiger partial charge in [-0.2, -0.15) is 8.78 Å². The van der Waals surface area contributed by atoms with Crippen LogP contribution in [0.5, 0.6) is 11.5 Å². The Morgan fingerprint density at radius 1 is 1.10 bits per heavy atom. The molecular weight excluding hydrogens is 406 g/mol. The lowest BCUT2D eigenvalue weighted by Gasteiger charge is -2.23. The molecule has 1 aliphatic rings. The van der Waals surface area contributed by atoms with Crippen molar-refractivity contribution in [3.8, 4) is 11.5 Å². The average molecular weight is 432 g/mol. The Labute approximate surface area is 180 Å². The number of methoxy groups -OCH3 is 1. The molecule has 0 saturated heterocycles. The molecule has 1 aliphatic carbocycles. The number of ether oxygens (including phenoxy) is 2. The topological polar surface area (TPSA) is 67.9 Å². The van der Waals surface area contributed by atoms with Crippen molar-refractivity contribution in [2.45, 2.75) is 45.9 Å². The molecule has 0 bridgehead atoms. The summed E-state index contributed by atoms with van der Waals surface area (Å²) in [5.74, 6) is -0.399. The smallest absolute Gasteiger partial charge is 0.387 e. The van der Waals surface area contributed by atoms with Crippen LogP contribution in [0.25, 0.3) is 0 Å². The Bertz CT molecular complexity index is 961. The van der Waals surface area contributed by atoms with Crippen molar-refractivity contribution in [1.29, 1.82) is 0 Å². The van der Waals surface area contributed by atoms with Crippen molar-refractivity contribution in [1.82, 2.24) is 10.2 Å². The van der Waals surface area contributed by atoms with Crippen LogP contribution in [-0.4, -0.2) is 43.0 Å². The number of nitrogens with zero attached hydrogens (tertiary/aromatic N) is 1. The van der Waals surface area contributed by atoms with Crippen molar-refractivity contribution in [2.24, 2.45) is 0 Å². The molecule has 0 heterocycles. The van der Waals surface area contributed by atoms with E-state index in [0.29, 0.717) is 5.56 Å². The van der Waals surface area contributed by atoms with Crippen LogP contribution in [0.3, 0.4) is 0 Å². The molecule has 1 saturated carbocycles. The third-order valence-corrected chi connectivity index (χ3v) is 5.27. The third-order valence-electron chi connectivity index (χ3n) is 5.27. The van der Waals surface area contributed by atoms with Gasteiger partial charge in [0.25, 0.3) is 5.91 Å². The molecule has 2 aromatic carbocycles. The van der Waals surface area contributed by atoms with E-state index in [1.165, 1.54) is 13.2 Å². The summed E-state index contributed by atoms with van der Waals surface area (Å²) < 4.78 is 34.6. The first-order chi connectivity index (χ1) is 14.8. The number of nitrogens with one attached hydrogen (secondary N) is 1. The van der Waals surface area contributed by atoms with E-state index in [4.69, 9.17) is 4.74 Å². The second-order valence-electron chi connectivity index (χ2n) is 7.60. The fourth-order valence-corrected chi connectivity index (χ4v) is 3.25. The lowest BCUT2D eigenvalue weighted by molar-refractivity contribution is -0.131. The quantitative estimate of drug-likeness (QED) is 0.654. The fourth-order valence-electron chi connectivity index (χ4n) is 3.25. The first kappa shape index (κ1) is 22.5. The molecule has 166 valence electrons. The monoisotopic (exact) mass is 432 g/mol. The Balaban J connectivity index is 1.64. The maximum absolute atomic E-state index is 12.8. The summed E-state index contributed by atoms with van der Waals surface area (Å²) in [6, 6.07) is 10.1. The highest BCUT2D eigenvalue weighted by atomic mass is 19.3. The second-order valence-corrected chi connectivity index (χ2v) is 7.60. The van der Waals surface area contributed by atoms with Crippen molar-refractivity contribution in [2.75, 3.05) is 13.7 Å². The summed E-state index contributed by atoms with van der Waals surface area (Å²) in [7, 11) is 1.36. The summed E-state index contributed by atoms with van der Waals surface area (Å²) in [5, 5.41) is 2.69. The van der Waals surface area contributed by atoms with Crippen LogP contribution in [0.15, 0.2) is 36.4 Å². The maximum atomic E-state index is 12.8. The highest BCUT2D eigenvalue weighted by Crippen LogP contribution is 2.32. The minimum absolute atomic E-state index is 0.0637. The van der Waals surface area contributed by atoms with Crippen molar-refractivity contribution in [3.63, 3.8) is 0 Å². The molecule has 1 N–H and O–H groups in total. The Hall–Kier alpha value is -3.16. The van der Waals surface area contributed by atoms with E-state index in [9.17, 15) is 18.4 Å². The van der Waals surface area contributed by atoms with Crippen LogP contribution < -0.4 is 14.8 Å². The van der Waals surface area contributed by atoms with Gasteiger partial charge in [0, 0.05) is 18.2 Å². The van der Waals surface area contributed by atoms with Gasteiger partial charge in [0.1, 0.15) is 0 Å². The first-order valence-corrected chi connectivity index (χ1v) is 10.0. The molecule has 6 nitrogen and oxygen atoms in total. The Morgan fingerprint density at radius 2 is 1.84 bits per heavy atom. The van der Waals surface area contributed by atoms with Gasteiger partial charge in [-0.3, -0.25) is 9.59 Å². The summed E-state index contributed by atoms with van der Waals surface area (Å²) in [5.41, 5.74) is 3.33. The normalized spacial score (nSPS) is 13.1. The van der Waals surface area contributed by atoms with Gasteiger partial charge in [0.15, 0.2) is 11.5 Å². The standard InChI is InChI=1S/C23H26F2N2O4/c1-14-4-6-17(10-15(14)2)22(29)26-12-21(28)27(18-7-8-18)13-16-5-9-19(31-23(24)25)20(11-16)30-3/h4-6,9-11,18,23H,7-8,12-13H2,1-3H3,(H,26,29). The van der Waals surface area contributed by atoms with E-state index in [2.05, 4.69) is 10.1 Å². The second kappa shape index (κ2) is 9.76. The molecule has 2 amide bonds. The predicted octanol–water partition coefficient (Wildman–Crippen LogP) is 3.83. The first-order valence-electron chi connectivity index (χ1n) is 10.0. The summed E-state index contributed by atoms with van der Waals surface area (Å²) in [6.45, 7) is 1.11. The number of carbonyl (C=O) groups excluding carboxylic acids is 2. The summed E-state index contributed by atoms with van der Waals surface area (Å²) >= 11 is 0. The number of halogens is 2. The van der Waals surface area contributed by atoms with E-state index >= 15 is 0 Å². The number of carbonyl (C=O) groups is 2. The van der Waals surface area contributed by atoms with Gasteiger partial charge < -0.3 is 19.7 Å². The molecule has 0 atom stereocenters. The molecule has 0 aliphatic heterocycles. The number of aryl methyl sites for hydroxylation is 2. The average Bonchev–Trinajstić information content (AvgIpc) is 3.57. The van der Waals surface area contributed by atoms with Gasteiger partial charge in [-0.05, 0) is 67.6 Å². The zero-order valence-corrected chi connectivity index (χ0v) is 17.8. The highest BCUT2D eigenvalue weighted by molar-refractivity contribution is 5.96. The molecule has 0 unspecified atom stereocenters. The van der Waals surface area contributed by atoms with E-state index in [0.717, 1.165) is 29.5 Å². The fraction of sp³-hybridized carbons (Fsp3) is 0.391. The summed E-state index contributed by atoms with van der Waals surface area (Å²) in [4.78, 5) is 26.9. The number of alkyl halides is 2. The molecule has 0 spiro atoms. The molecule has 3 rings (SSSR count). The Morgan fingerprint density at radius 3 is 2.45 bits per heavy atom. The zero-order chi connectivity index (χ0) is 22.5. The van der Waals surface area contributed by atoms with Crippen LogP contribution in [0.2, 0.25) is 0 Å². The lowest BCUT2D eigenvalue weighted by atomic mass is 10.1. The van der Waals surface area contributed by atoms with E-state index < -0.39 is 6.61 Å². The minimum atomic E-state index is -2.95. The van der Waals surface area contributed by atoms with Gasteiger partial charge >= 0.3 is 6.61 Å². The van der Waals surface area contributed by atoms with Crippen LogP contribution in [0, 0.1) is 13.8 Å². The van der Waals surface area contributed by atoms with Crippen LogP contribution in [-0.2, 0) is 11.3 Å².